The van der Waals surface area contributed by atoms with E-state index >= 15 is 0 Å². The Morgan fingerprint density at radius 1 is 1.23 bits per heavy atom. The quantitative estimate of drug-likeness (QED) is 0.385. The number of carbonyl (C=O) groups is 1. The number of thioether (sulfide) groups is 1. The van der Waals surface area contributed by atoms with Gasteiger partial charge in [-0.1, -0.05) is 36.0 Å². The van der Waals surface area contributed by atoms with Crippen LogP contribution in [0.4, 0.5) is 0 Å². The molecule has 4 aromatic rings. The minimum absolute atomic E-state index is 0.105. The Morgan fingerprint density at radius 2 is 2.08 bits per heavy atom. The number of benzene rings is 1. The van der Waals surface area contributed by atoms with Crippen LogP contribution in [0.15, 0.2) is 46.9 Å². The summed E-state index contributed by atoms with van der Waals surface area (Å²) in [6, 6.07) is 12.0. The van der Waals surface area contributed by atoms with Crippen LogP contribution in [0.25, 0.3) is 21.6 Å². The molecular formula is C19H18N4OS2. The molecule has 0 aliphatic rings. The van der Waals surface area contributed by atoms with Crippen LogP contribution in [0.3, 0.4) is 0 Å². The number of fused-ring (bicyclic) bond motifs is 1. The Hall–Kier alpha value is -2.38. The first kappa shape index (κ1) is 17.1. The van der Waals surface area contributed by atoms with E-state index in [4.69, 9.17) is 0 Å². The Bertz CT molecular complexity index is 1060. The number of nitrogens with zero attached hydrogens (tertiary/aromatic N) is 3. The molecule has 0 aliphatic carbocycles. The van der Waals surface area contributed by atoms with Crippen molar-refractivity contribution < 1.29 is 4.79 Å². The highest BCUT2D eigenvalue weighted by Crippen LogP contribution is 2.29. The summed E-state index contributed by atoms with van der Waals surface area (Å²) < 4.78 is 2.06. The van der Waals surface area contributed by atoms with Gasteiger partial charge in [0.05, 0.1) is 10.6 Å². The van der Waals surface area contributed by atoms with E-state index in [0.717, 1.165) is 44.6 Å². The minimum Gasteiger partial charge on any atom is -0.358 e. The molecule has 0 fully saturated rings. The first-order chi connectivity index (χ1) is 12.7. The van der Waals surface area contributed by atoms with Crippen molar-refractivity contribution >= 4 is 39.8 Å². The summed E-state index contributed by atoms with van der Waals surface area (Å²) in [6.45, 7) is 4.78. The summed E-state index contributed by atoms with van der Waals surface area (Å²) in [7, 11) is 0. The SMILES string of the molecule is CCn1c(SCC(=O)c2c(C)[nH]c3ccccc23)nnc1-c1cccs1. The predicted octanol–water partition coefficient (Wildman–Crippen LogP) is 4.79. The van der Waals surface area contributed by atoms with Crippen LogP contribution in [-0.2, 0) is 6.54 Å². The fourth-order valence-corrected chi connectivity index (χ4v) is 4.70. The molecule has 0 saturated carbocycles. The van der Waals surface area contributed by atoms with Crippen LogP contribution in [0.2, 0.25) is 0 Å². The molecule has 0 atom stereocenters. The van der Waals surface area contributed by atoms with Gasteiger partial charge in [0.2, 0.25) is 0 Å². The van der Waals surface area contributed by atoms with Gasteiger partial charge in [-0.25, -0.2) is 0 Å². The summed E-state index contributed by atoms with van der Waals surface area (Å²) >= 11 is 3.08. The number of hydrogen-bond acceptors (Lipinski definition) is 5. The smallest absolute Gasteiger partial charge is 0.191 e. The van der Waals surface area contributed by atoms with Crippen LogP contribution < -0.4 is 0 Å². The van der Waals surface area contributed by atoms with Crippen molar-refractivity contribution in [2.75, 3.05) is 5.75 Å². The van der Waals surface area contributed by atoms with E-state index in [9.17, 15) is 4.79 Å². The van der Waals surface area contributed by atoms with E-state index in [1.165, 1.54) is 11.8 Å². The van der Waals surface area contributed by atoms with E-state index in [1.54, 1.807) is 11.3 Å². The van der Waals surface area contributed by atoms with Gasteiger partial charge in [0.15, 0.2) is 16.8 Å². The molecule has 3 heterocycles. The number of Topliss-reactive ketones (excluding diaryl/α,β-unsaturated/α-hetero) is 1. The van der Waals surface area contributed by atoms with Crippen molar-refractivity contribution in [1.29, 1.82) is 0 Å². The van der Waals surface area contributed by atoms with Crippen molar-refractivity contribution in [2.45, 2.75) is 25.5 Å². The number of aromatic amines is 1. The van der Waals surface area contributed by atoms with Crippen molar-refractivity contribution in [3.8, 4) is 10.7 Å². The zero-order valence-corrected chi connectivity index (χ0v) is 16.2. The highest BCUT2D eigenvalue weighted by atomic mass is 32.2. The third kappa shape index (κ3) is 2.97. The zero-order chi connectivity index (χ0) is 18.1. The number of ketones is 1. The van der Waals surface area contributed by atoms with Crippen molar-refractivity contribution in [3.05, 3.63) is 53.0 Å². The number of para-hydroxylation sites is 1. The van der Waals surface area contributed by atoms with Crippen molar-refractivity contribution in [3.63, 3.8) is 0 Å². The fraction of sp³-hybridized carbons (Fsp3) is 0.211. The molecule has 5 nitrogen and oxygen atoms in total. The summed E-state index contributed by atoms with van der Waals surface area (Å²) in [6.07, 6.45) is 0. The van der Waals surface area contributed by atoms with Crippen LogP contribution in [0, 0.1) is 6.92 Å². The number of carbonyl (C=O) groups excluding carboxylic acids is 1. The number of thiophene rings is 1. The minimum atomic E-state index is 0.105. The Kier molecular flexibility index (Phi) is 4.65. The second kappa shape index (κ2) is 7.09. The highest BCUT2D eigenvalue weighted by molar-refractivity contribution is 7.99. The van der Waals surface area contributed by atoms with Crippen LogP contribution >= 0.6 is 23.1 Å². The second-order valence-electron chi connectivity index (χ2n) is 5.91. The molecule has 7 heteroatoms. The van der Waals surface area contributed by atoms with Gasteiger partial charge >= 0.3 is 0 Å². The van der Waals surface area contributed by atoms with Gasteiger partial charge in [0, 0.05) is 28.7 Å². The van der Waals surface area contributed by atoms with Crippen LogP contribution in [0.5, 0.6) is 0 Å². The van der Waals surface area contributed by atoms with E-state index in [0.29, 0.717) is 5.75 Å². The van der Waals surface area contributed by atoms with Gasteiger partial charge in [0.25, 0.3) is 0 Å². The molecule has 26 heavy (non-hydrogen) atoms. The number of nitrogens with one attached hydrogen (secondary N) is 1. The first-order valence-electron chi connectivity index (χ1n) is 8.39. The average Bonchev–Trinajstić information content (AvgIpc) is 3.36. The Labute approximate surface area is 159 Å². The van der Waals surface area contributed by atoms with Crippen LogP contribution in [0.1, 0.15) is 23.0 Å². The molecule has 1 N–H and O–H groups in total. The van der Waals surface area contributed by atoms with Crippen molar-refractivity contribution in [1.82, 2.24) is 19.7 Å². The zero-order valence-electron chi connectivity index (χ0n) is 14.5. The maximum atomic E-state index is 12.9. The third-order valence-corrected chi connectivity index (χ3v) is 6.11. The predicted molar refractivity (Wildman–Crippen MR) is 107 cm³/mol. The molecule has 0 amide bonds. The van der Waals surface area contributed by atoms with E-state index in [1.807, 2.05) is 48.7 Å². The molecular weight excluding hydrogens is 364 g/mol. The molecule has 4 rings (SSSR count). The van der Waals surface area contributed by atoms with Gasteiger partial charge < -0.3 is 9.55 Å². The lowest BCUT2D eigenvalue weighted by atomic mass is 10.1. The van der Waals surface area contributed by atoms with Gasteiger partial charge in [-0.3, -0.25) is 4.79 Å². The standard InChI is InChI=1S/C19H18N4OS2/c1-3-23-18(16-9-6-10-25-16)21-22-19(23)26-11-15(24)17-12(2)20-14-8-5-4-7-13(14)17/h4-10,20H,3,11H2,1-2H3. The lowest BCUT2D eigenvalue weighted by molar-refractivity contribution is 0.102. The van der Waals surface area contributed by atoms with E-state index < -0.39 is 0 Å². The summed E-state index contributed by atoms with van der Waals surface area (Å²) in [5, 5.41) is 12.4. The maximum absolute atomic E-state index is 12.9. The highest BCUT2D eigenvalue weighted by Gasteiger charge is 2.19. The molecule has 1 aromatic carbocycles. The molecule has 0 aliphatic heterocycles. The van der Waals surface area contributed by atoms with E-state index in [2.05, 4.69) is 26.7 Å². The third-order valence-electron chi connectivity index (χ3n) is 4.28. The Balaban J connectivity index is 1.57. The number of aromatic nitrogens is 4. The Morgan fingerprint density at radius 3 is 2.85 bits per heavy atom. The lowest BCUT2D eigenvalue weighted by Crippen LogP contribution is -2.06. The topological polar surface area (TPSA) is 63.6 Å². The normalized spacial score (nSPS) is 11.3. The van der Waals surface area contributed by atoms with Gasteiger partial charge in [-0.05, 0) is 31.4 Å². The fourth-order valence-electron chi connectivity index (χ4n) is 3.11. The molecule has 0 spiro atoms. The van der Waals surface area contributed by atoms with Gasteiger partial charge in [-0.15, -0.1) is 21.5 Å². The van der Waals surface area contributed by atoms with Gasteiger partial charge in [0.1, 0.15) is 0 Å². The lowest BCUT2D eigenvalue weighted by Gasteiger charge is -2.06. The summed E-state index contributed by atoms with van der Waals surface area (Å²) in [4.78, 5) is 17.2. The monoisotopic (exact) mass is 382 g/mol. The summed E-state index contributed by atoms with van der Waals surface area (Å²) in [5.41, 5.74) is 2.68. The van der Waals surface area contributed by atoms with E-state index in [-0.39, 0.29) is 5.78 Å². The molecule has 0 unspecified atom stereocenters. The maximum Gasteiger partial charge on any atom is 0.191 e. The number of H-pyrrole nitrogens is 1. The number of rotatable bonds is 6. The molecule has 0 bridgehead atoms. The number of aryl methyl sites for hydroxylation is 1. The van der Waals surface area contributed by atoms with Crippen LogP contribution in [-0.4, -0.2) is 31.3 Å². The molecule has 0 saturated heterocycles. The van der Waals surface area contributed by atoms with Gasteiger partial charge in [-0.2, -0.15) is 0 Å². The largest absolute Gasteiger partial charge is 0.358 e. The molecule has 3 aromatic heterocycles. The molecule has 132 valence electrons. The first-order valence-corrected chi connectivity index (χ1v) is 10.3. The van der Waals surface area contributed by atoms with Crippen molar-refractivity contribution in [2.24, 2.45) is 0 Å². The average molecular weight is 383 g/mol. The number of hydrogen-bond donors (Lipinski definition) is 1. The second-order valence-corrected chi connectivity index (χ2v) is 7.80. The summed E-state index contributed by atoms with van der Waals surface area (Å²) in [5.74, 6) is 1.31. The molecule has 0 radical (unpaired) electrons.